The minimum absolute atomic E-state index is 0.221. The van der Waals surface area contributed by atoms with Gasteiger partial charge in [-0.1, -0.05) is 33.6 Å². The molecule has 0 aliphatic rings. The van der Waals surface area contributed by atoms with E-state index in [0.717, 1.165) is 21.3 Å². The molecule has 4 nitrogen and oxygen atoms in total. The molecule has 0 saturated heterocycles. The molecule has 128 valence electrons. The van der Waals surface area contributed by atoms with Crippen LogP contribution in [0, 0.1) is 13.8 Å². The molecule has 0 heterocycles. The van der Waals surface area contributed by atoms with Crippen molar-refractivity contribution >= 4 is 39.2 Å². The van der Waals surface area contributed by atoms with Crippen molar-refractivity contribution in [1.82, 2.24) is 5.32 Å². The first-order valence-corrected chi connectivity index (χ1v) is 8.82. The van der Waals surface area contributed by atoms with Gasteiger partial charge in [-0.15, -0.1) is 0 Å². The average Bonchev–Trinajstić information content (AvgIpc) is 2.47. The zero-order chi connectivity index (χ0) is 17.5. The largest absolute Gasteiger partial charge is 0.492 e. The lowest BCUT2D eigenvalue weighted by Crippen LogP contribution is -2.30. The molecule has 0 saturated carbocycles. The molecule has 0 aliphatic carbocycles. The van der Waals surface area contributed by atoms with Crippen molar-refractivity contribution in [2.75, 3.05) is 18.5 Å². The van der Waals surface area contributed by atoms with Crippen LogP contribution >= 0.6 is 27.5 Å². The van der Waals surface area contributed by atoms with Gasteiger partial charge in [-0.2, -0.15) is 0 Å². The first kappa shape index (κ1) is 18.6. The predicted molar refractivity (Wildman–Crippen MR) is 102 cm³/mol. The fraction of sp³-hybridized carbons (Fsp3) is 0.278. The number of halogens is 2. The second kappa shape index (κ2) is 8.94. The Morgan fingerprint density at radius 2 is 1.88 bits per heavy atom. The quantitative estimate of drug-likeness (QED) is 0.633. The molecular formula is C18H20BrClN2O2. The van der Waals surface area contributed by atoms with Gasteiger partial charge in [0.1, 0.15) is 5.75 Å². The minimum Gasteiger partial charge on any atom is -0.492 e. The number of anilines is 1. The summed E-state index contributed by atoms with van der Waals surface area (Å²) < 4.78 is 6.51. The molecule has 24 heavy (non-hydrogen) atoms. The van der Waals surface area contributed by atoms with Crippen LogP contribution in [-0.2, 0) is 0 Å². The van der Waals surface area contributed by atoms with Gasteiger partial charge in [-0.25, -0.2) is 4.79 Å². The summed E-state index contributed by atoms with van der Waals surface area (Å²) >= 11 is 9.42. The van der Waals surface area contributed by atoms with E-state index >= 15 is 0 Å². The predicted octanol–water partition coefficient (Wildman–Crippen LogP) is 5.31. The van der Waals surface area contributed by atoms with Gasteiger partial charge in [0, 0.05) is 16.7 Å². The molecule has 2 amide bonds. The molecule has 0 radical (unpaired) electrons. The first-order chi connectivity index (χ1) is 11.4. The standard InChI is InChI=1S/C18H20BrClN2O2/c1-12-8-13(2)10-15(9-12)22-18(23)21-6-3-7-24-17-5-4-14(19)11-16(17)20/h4-5,8-11H,3,6-7H2,1-2H3,(H2,21,22,23). The monoisotopic (exact) mass is 410 g/mol. The molecule has 0 fully saturated rings. The lowest BCUT2D eigenvalue weighted by Gasteiger charge is -2.10. The van der Waals surface area contributed by atoms with Crippen LogP contribution in [0.4, 0.5) is 10.5 Å². The Kier molecular flexibility index (Phi) is 6.94. The van der Waals surface area contributed by atoms with E-state index in [1.165, 1.54) is 0 Å². The Bertz CT molecular complexity index is 702. The van der Waals surface area contributed by atoms with E-state index in [2.05, 4.69) is 32.6 Å². The van der Waals surface area contributed by atoms with Gasteiger partial charge < -0.3 is 15.4 Å². The van der Waals surface area contributed by atoms with E-state index in [1.54, 1.807) is 6.07 Å². The van der Waals surface area contributed by atoms with Crippen LogP contribution in [0.1, 0.15) is 17.5 Å². The summed E-state index contributed by atoms with van der Waals surface area (Å²) in [4.78, 5) is 11.9. The fourth-order valence-corrected chi connectivity index (χ4v) is 3.00. The Balaban J connectivity index is 1.69. The molecule has 0 unspecified atom stereocenters. The Labute approximate surface area is 155 Å². The van der Waals surface area contributed by atoms with Crippen molar-refractivity contribution in [2.45, 2.75) is 20.3 Å². The van der Waals surface area contributed by atoms with Crippen LogP contribution in [-0.4, -0.2) is 19.2 Å². The number of carbonyl (C=O) groups is 1. The van der Waals surface area contributed by atoms with E-state index in [-0.39, 0.29) is 6.03 Å². The van der Waals surface area contributed by atoms with Crippen molar-refractivity contribution < 1.29 is 9.53 Å². The maximum atomic E-state index is 11.9. The summed E-state index contributed by atoms with van der Waals surface area (Å²) in [5.74, 6) is 0.638. The van der Waals surface area contributed by atoms with Crippen LogP contribution in [0.15, 0.2) is 40.9 Å². The normalized spacial score (nSPS) is 10.3. The van der Waals surface area contributed by atoms with Gasteiger partial charge in [0.15, 0.2) is 0 Å². The highest BCUT2D eigenvalue weighted by atomic mass is 79.9. The third kappa shape index (κ3) is 6.06. The van der Waals surface area contributed by atoms with Gasteiger partial charge in [0.25, 0.3) is 0 Å². The summed E-state index contributed by atoms with van der Waals surface area (Å²) in [6.07, 6.45) is 0.687. The zero-order valence-electron chi connectivity index (χ0n) is 13.7. The highest BCUT2D eigenvalue weighted by molar-refractivity contribution is 9.10. The molecule has 0 atom stereocenters. The number of hydrogen-bond donors (Lipinski definition) is 2. The lowest BCUT2D eigenvalue weighted by molar-refractivity contribution is 0.250. The van der Waals surface area contributed by atoms with E-state index < -0.39 is 0 Å². The number of carbonyl (C=O) groups excluding carboxylic acids is 1. The molecule has 0 spiro atoms. The number of nitrogens with one attached hydrogen (secondary N) is 2. The average molecular weight is 412 g/mol. The molecule has 0 bridgehead atoms. The highest BCUT2D eigenvalue weighted by Gasteiger charge is 2.04. The smallest absolute Gasteiger partial charge is 0.319 e. The van der Waals surface area contributed by atoms with E-state index in [4.69, 9.17) is 16.3 Å². The van der Waals surface area contributed by atoms with E-state index in [9.17, 15) is 4.79 Å². The van der Waals surface area contributed by atoms with Gasteiger partial charge in [-0.3, -0.25) is 0 Å². The van der Waals surface area contributed by atoms with Gasteiger partial charge in [0.2, 0.25) is 0 Å². The molecule has 2 rings (SSSR count). The molecular weight excluding hydrogens is 392 g/mol. The fourth-order valence-electron chi connectivity index (χ4n) is 2.27. The summed E-state index contributed by atoms with van der Waals surface area (Å²) in [6.45, 7) is 5.00. The van der Waals surface area contributed by atoms with E-state index in [1.807, 2.05) is 38.1 Å². The third-order valence-electron chi connectivity index (χ3n) is 3.24. The van der Waals surface area contributed by atoms with Crippen LogP contribution in [0.5, 0.6) is 5.75 Å². The maximum absolute atomic E-state index is 11.9. The van der Waals surface area contributed by atoms with Crippen molar-refractivity contribution in [3.8, 4) is 5.75 Å². The van der Waals surface area contributed by atoms with E-state index in [0.29, 0.717) is 30.3 Å². The number of rotatable bonds is 6. The lowest BCUT2D eigenvalue weighted by atomic mass is 10.1. The molecule has 2 N–H and O–H groups in total. The molecule has 6 heteroatoms. The van der Waals surface area contributed by atoms with Gasteiger partial charge >= 0.3 is 6.03 Å². The molecule has 2 aromatic rings. The van der Waals surface area contributed by atoms with Crippen LogP contribution in [0.25, 0.3) is 0 Å². The molecule has 0 aliphatic heterocycles. The van der Waals surface area contributed by atoms with Gasteiger partial charge in [-0.05, 0) is 61.7 Å². The topological polar surface area (TPSA) is 50.4 Å². The third-order valence-corrected chi connectivity index (χ3v) is 4.03. The Morgan fingerprint density at radius 3 is 2.54 bits per heavy atom. The summed E-state index contributed by atoms with van der Waals surface area (Å²) in [6, 6.07) is 11.2. The molecule has 2 aromatic carbocycles. The highest BCUT2D eigenvalue weighted by Crippen LogP contribution is 2.27. The number of urea groups is 1. The summed E-state index contributed by atoms with van der Waals surface area (Å²) in [7, 11) is 0. The van der Waals surface area contributed by atoms with Gasteiger partial charge in [0.05, 0.1) is 11.6 Å². The number of amides is 2. The second-order valence-electron chi connectivity index (χ2n) is 5.53. The Morgan fingerprint density at radius 1 is 1.17 bits per heavy atom. The minimum atomic E-state index is -0.221. The first-order valence-electron chi connectivity index (χ1n) is 7.65. The van der Waals surface area contributed by atoms with Crippen LogP contribution in [0.3, 0.4) is 0 Å². The SMILES string of the molecule is Cc1cc(C)cc(NC(=O)NCCCOc2ccc(Br)cc2Cl)c1. The maximum Gasteiger partial charge on any atom is 0.319 e. The number of benzene rings is 2. The van der Waals surface area contributed by atoms with Crippen LogP contribution < -0.4 is 15.4 Å². The van der Waals surface area contributed by atoms with Crippen molar-refractivity contribution in [2.24, 2.45) is 0 Å². The summed E-state index contributed by atoms with van der Waals surface area (Å²) in [5.41, 5.74) is 3.03. The number of hydrogen-bond acceptors (Lipinski definition) is 2. The molecule has 0 aromatic heterocycles. The van der Waals surface area contributed by atoms with Crippen LogP contribution in [0.2, 0.25) is 5.02 Å². The van der Waals surface area contributed by atoms with Crippen molar-refractivity contribution in [3.63, 3.8) is 0 Å². The van der Waals surface area contributed by atoms with Crippen molar-refractivity contribution in [1.29, 1.82) is 0 Å². The van der Waals surface area contributed by atoms with Crippen molar-refractivity contribution in [3.05, 3.63) is 57.0 Å². The number of aryl methyl sites for hydroxylation is 2. The number of ether oxygens (including phenoxy) is 1. The second-order valence-corrected chi connectivity index (χ2v) is 6.86. The summed E-state index contributed by atoms with van der Waals surface area (Å²) in [5, 5.41) is 6.20. The zero-order valence-corrected chi connectivity index (χ0v) is 16.0. The Hall–Kier alpha value is -1.72.